The van der Waals surface area contributed by atoms with Crippen LogP contribution < -0.4 is 19.7 Å². The zero-order valence-corrected chi connectivity index (χ0v) is 21.6. The third-order valence-electron chi connectivity index (χ3n) is 6.01. The predicted molar refractivity (Wildman–Crippen MR) is 145 cm³/mol. The second-order valence-electron chi connectivity index (χ2n) is 8.59. The van der Waals surface area contributed by atoms with E-state index in [4.69, 9.17) is 14.2 Å². The molecule has 0 saturated heterocycles. The molecule has 1 amide bonds. The van der Waals surface area contributed by atoms with E-state index in [1.165, 1.54) is 14.2 Å². The van der Waals surface area contributed by atoms with Gasteiger partial charge in [-0.15, -0.1) is 0 Å². The maximum absolute atomic E-state index is 13.3. The zero-order chi connectivity index (χ0) is 27.2. The van der Waals surface area contributed by atoms with E-state index in [0.717, 1.165) is 16.8 Å². The Morgan fingerprint density at radius 1 is 0.921 bits per heavy atom. The Labute approximate surface area is 221 Å². The summed E-state index contributed by atoms with van der Waals surface area (Å²) in [7, 11) is 2.79. The Hall–Kier alpha value is -4.85. The van der Waals surface area contributed by atoms with Crippen molar-refractivity contribution < 1.29 is 28.6 Å². The van der Waals surface area contributed by atoms with E-state index >= 15 is 0 Å². The number of Topliss-reactive ketones (excluding diaryl/α,β-unsaturated/α-hetero) is 1. The number of ketones is 1. The van der Waals surface area contributed by atoms with Gasteiger partial charge in [-0.25, -0.2) is 4.79 Å². The van der Waals surface area contributed by atoms with E-state index in [-0.39, 0.29) is 18.1 Å². The topological polar surface area (TPSA) is 94.2 Å². The van der Waals surface area contributed by atoms with E-state index in [9.17, 15) is 14.4 Å². The second kappa shape index (κ2) is 11.5. The molecule has 0 bridgehead atoms. The standard InChI is InChI=1S/C30H28N2O6/c1-19-9-13-22(14-10-19)32-20(2)28(30(35)37-4)29(34)25(32)17-21-11-15-23(16-12-21)38-18-27(33)31-24-7-5-6-8-26(24)36-3/h5-17H,18H2,1-4H3,(H,31,33)/b25-17-. The quantitative estimate of drug-likeness (QED) is 0.261. The van der Waals surface area contributed by atoms with Gasteiger partial charge in [0.05, 0.1) is 25.6 Å². The highest BCUT2D eigenvalue weighted by molar-refractivity contribution is 6.30. The van der Waals surface area contributed by atoms with Crippen molar-refractivity contribution in [1.82, 2.24) is 0 Å². The van der Waals surface area contributed by atoms with E-state index in [2.05, 4.69) is 5.32 Å². The molecule has 0 saturated carbocycles. The molecule has 0 aromatic heterocycles. The third kappa shape index (κ3) is 5.59. The van der Waals surface area contributed by atoms with Gasteiger partial charge in [-0.3, -0.25) is 9.59 Å². The molecule has 4 rings (SSSR count). The summed E-state index contributed by atoms with van der Waals surface area (Å²) in [5, 5.41) is 2.76. The maximum atomic E-state index is 13.3. The van der Waals surface area contributed by atoms with Gasteiger partial charge >= 0.3 is 5.97 Å². The molecule has 0 fully saturated rings. The van der Waals surface area contributed by atoms with Crippen LogP contribution in [0.25, 0.3) is 6.08 Å². The molecule has 0 unspecified atom stereocenters. The van der Waals surface area contributed by atoms with Crippen LogP contribution in [0.5, 0.6) is 11.5 Å². The molecule has 8 nitrogen and oxygen atoms in total. The number of amides is 1. The number of hydrogen-bond donors (Lipinski definition) is 1. The van der Waals surface area contributed by atoms with Crippen molar-refractivity contribution in [3.8, 4) is 11.5 Å². The van der Waals surface area contributed by atoms with Crippen molar-refractivity contribution >= 4 is 35.1 Å². The summed E-state index contributed by atoms with van der Waals surface area (Å²) in [5.74, 6) is -0.381. The first-order valence-electron chi connectivity index (χ1n) is 11.9. The number of benzene rings is 3. The lowest BCUT2D eigenvalue weighted by atomic mass is 10.1. The number of para-hydroxylation sites is 2. The highest BCUT2D eigenvalue weighted by Gasteiger charge is 2.38. The van der Waals surface area contributed by atoms with Gasteiger partial charge in [0.25, 0.3) is 5.91 Å². The van der Waals surface area contributed by atoms with E-state index in [0.29, 0.717) is 28.6 Å². The lowest BCUT2D eigenvalue weighted by molar-refractivity contribution is -0.137. The molecule has 194 valence electrons. The summed E-state index contributed by atoms with van der Waals surface area (Å²) in [6, 6.07) is 21.7. The summed E-state index contributed by atoms with van der Waals surface area (Å²) < 4.78 is 15.7. The number of methoxy groups -OCH3 is 2. The average molecular weight is 513 g/mol. The first-order valence-corrected chi connectivity index (χ1v) is 11.9. The van der Waals surface area contributed by atoms with Gasteiger partial charge in [-0.1, -0.05) is 42.0 Å². The molecule has 1 heterocycles. The summed E-state index contributed by atoms with van der Waals surface area (Å²) in [6.07, 6.45) is 1.71. The summed E-state index contributed by atoms with van der Waals surface area (Å²) in [6.45, 7) is 3.51. The van der Waals surface area contributed by atoms with Gasteiger partial charge < -0.3 is 24.4 Å². The van der Waals surface area contributed by atoms with Crippen LogP contribution in [-0.4, -0.2) is 38.5 Å². The monoisotopic (exact) mass is 512 g/mol. The van der Waals surface area contributed by atoms with Crippen LogP contribution >= 0.6 is 0 Å². The Balaban J connectivity index is 1.51. The molecule has 8 heteroatoms. The number of hydrogen-bond acceptors (Lipinski definition) is 7. The molecule has 1 aliphatic rings. The Kier molecular flexibility index (Phi) is 7.91. The number of carbonyl (C=O) groups excluding carboxylic acids is 3. The number of allylic oxidation sites excluding steroid dienone is 2. The number of carbonyl (C=O) groups is 3. The first-order chi connectivity index (χ1) is 18.3. The highest BCUT2D eigenvalue weighted by atomic mass is 16.5. The van der Waals surface area contributed by atoms with Crippen LogP contribution in [-0.2, 0) is 19.1 Å². The van der Waals surface area contributed by atoms with Crippen LogP contribution in [0.15, 0.2) is 89.8 Å². The molecule has 3 aromatic carbocycles. The van der Waals surface area contributed by atoms with Gasteiger partial charge in [0.15, 0.2) is 6.61 Å². The van der Waals surface area contributed by atoms with Gasteiger partial charge in [0.1, 0.15) is 17.1 Å². The van der Waals surface area contributed by atoms with Gasteiger partial charge in [-0.05, 0) is 61.9 Å². The molecule has 1 N–H and O–H groups in total. The minimum atomic E-state index is -0.678. The number of anilines is 2. The van der Waals surface area contributed by atoms with E-state index < -0.39 is 11.8 Å². The molecule has 0 spiro atoms. The highest BCUT2D eigenvalue weighted by Crippen LogP contribution is 2.36. The van der Waals surface area contributed by atoms with Crippen molar-refractivity contribution in [2.24, 2.45) is 0 Å². The molecule has 0 aliphatic carbocycles. The molecular formula is C30H28N2O6. The average Bonchev–Trinajstić information content (AvgIpc) is 3.17. The van der Waals surface area contributed by atoms with Crippen LogP contribution in [0.1, 0.15) is 18.1 Å². The van der Waals surface area contributed by atoms with Crippen LogP contribution in [0.2, 0.25) is 0 Å². The number of aryl methyl sites for hydroxylation is 1. The van der Waals surface area contributed by atoms with Crippen LogP contribution in [0.3, 0.4) is 0 Å². The number of rotatable bonds is 8. The fraction of sp³-hybridized carbons (Fsp3) is 0.167. The summed E-state index contributed by atoms with van der Waals surface area (Å²) >= 11 is 0. The van der Waals surface area contributed by atoms with Crippen LogP contribution in [0, 0.1) is 6.92 Å². The Morgan fingerprint density at radius 2 is 1.61 bits per heavy atom. The Morgan fingerprint density at radius 3 is 2.26 bits per heavy atom. The van der Waals surface area contributed by atoms with Crippen molar-refractivity contribution in [2.45, 2.75) is 13.8 Å². The van der Waals surface area contributed by atoms with Gasteiger partial charge in [-0.2, -0.15) is 0 Å². The van der Waals surface area contributed by atoms with E-state index in [1.807, 2.05) is 37.3 Å². The first kappa shape index (κ1) is 26.2. The fourth-order valence-corrected chi connectivity index (χ4v) is 4.09. The van der Waals surface area contributed by atoms with Gasteiger partial charge in [0, 0.05) is 11.4 Å². The van der Waals surface area contributed by atoms with Crippen molar-refractivity contribution in [1.29, 1.82) is 0 Å². The smallest absolute Gasteiger partial charge is 0.343 e. The molecule has 0 radical (unpaired) electrons. The lowest BCUT2D eigenvalue weighted by Crippen LogP contribution is -2.20. The Bertz CT molecular complexity index is 1420. The normalized spacial score (nSPS) is 14.1. The minimum Gasteiger partial charge on any atom is -0.495 e. The number of ether oxygens (including phenoxy) is 3. The number of nitrogens with one attached hydrogen (secondary N) is 1. The van der Waals surface area contributed by atoms with Gasteiger partial charge in [0.2, 0.25) is 5.78 Å². The summed E-state index contributed by atoms with van der Waals surface area (Å²) in [5.41, 5.74) is 3.93. The number of nitrogens with zero attached hydrogens (tertiary/aromatic N) is 1. The van der Waals surface area contributed by atoms with E-state index in [1.54, 1.807) is 60.4 Å². The maximum Gasteiger partial charge on any atom is 0.343 e. The second-order valence-corrected chi connectivity index (χ2v) is 8.59. The molecular weight excluding hydrogens is 484 g/mol. The molecule has 38 heavy (non-hydrogen) atoms. The molecule has 0 atom stereocenters. The third-order valence-corrected chi connectivity index (χ3v) is 6.01. The lowest BCUT2D eigenvalue weighted by Gasteiger charge is -2.21. The van der Waals surface area contributed by atoms with Crippen molar-refractivity contribution in [2.75, 3.05) is 31.0 Å². The van der Waals surface area contributed by atoms with Crippen LogP contribution in [0.4, 0.5) is 11.4 Å². The fourth-order valence-electron chi connectivity index (χ4n) is 4.09. The number of esters is 1. The van der Waals surface area contributed by atoms with Crippen molar-refractivity contribution in [3.05, 3.63) is 101 Å². The molecule has 3 aromatic rings. The largest absolute Gasteiger partial charge is 0.495 e. The minimum absolute atomic E-state index is 0.000312. The summed E-state index contributed by atoms with van der Waals surface area (Å²) in [4.78, 5) is 39.7. The predicted octanol–water partition coefficient (Wildman–Crippen LogP) is 4.90. The molecule has 1 aliphatic heterocycles. The SMILES string of the molecule is COC(=O)C1=C(C)N(c2ccc(C)cc2)/C(=C\c2ccc(OCC(=O)Nc3ccccc3OC)cc2)C1=O. The zero-order valence-electron chi connectivity index (χ0n) is 21.6. The van der Waals surface area contributed by atoms with Crippen molar-refractivity contribution in [3.63, 3.8) is 0 Å².